The van der Waals surface area contributed by atoms with Crippen molar-refractivity contribution in [3.8, 4) is 5.75 Å². The molecule has 0 spiro atoms. The zero-order valence-corrected chi connectivity index (χ0v) is 19.0. The van der Waals surface area contributed by atoms with Crippen LogP contribution in [0.15, 0.2) is 76.3 Å². The molecule has 0 saturated carbocycles. The molecule has 0 unspecified atom stereocenters. The minimum atomic E-state index is -0.330. The van der Waals surface area contributed by atoms with Crippen LogP contribution in [0.5, 0.6) is 5.75 Å². The van der Waals surface area contributed by atoms with Gasteiger partial charge in [0.25, 0.3) is 0 Å². The quantitative estimate of drug-likeness (QED) is 0.234. The summed E-state index contributed by atoms with van der Waals surface area (Å²) in [4.78, 5) is 11.9. The van der Waals surface area contributed by atoms with Crippen molar-refractivity contribution < 1.29 is 13.9 Å². The van der Waals surface area contributed by atoms with E-state index < -0.39 is 0 Å². The van der Waals surface area contributed by atoms with E-state index in [9.17, 15) is 9.18 Å². The standard InChI is InChI=1S/C22H17BrFIN2O2/c23-20-11-17(5-10-21(20)29-14-16-3-8-19(25)9-4-16)13-26-27-22(28)12-15-1-6-18(24)7-2-15/h1-11,13H,12,14H2,(H,27,28)/b26-13+. The van der Waals surface area contributed by atoms with Crippen LogP contribution in [0.25, 0.3) is 0 Å². The molecule has 0 heterocycles. The molecule has 0 radical (unpaired) electrons. The third kappa shape index (κ3) is 6.93. The van der Waals surface area contributed by atoms with Crippen molar-refractivity contribution in [1.82, 2.24) is 5.43 Å². The Morgan fingerprint density at radius 1 is 1.07 bits per heavy atom. The van der Waals surface area contributed by atoms with Gasteiger partial charge in [-0.3, -0.25) is 4.79 Å². The Kier molecular flexibility index (Phi) is 7.76. The summed E-state index contributed by atoms with van der Waals surface area (Å²) >= 11 is 5.76. The lowest BCUT2D eigenvalue weighted by molar-refractivity contribution is -0.120. The zero-order valence-electron chi connectivity index (χ0n) is 15.2. The normalized spacial score (nSPS) is 10.9. The average molecular weight is 567 g/mol. The molecule has 0 aromatic heterocycles. The lowest BCUT2D eigenvalue weighted by Crippen LogP contribution is -2.19. The topological polar surface area (TPSA) is 50.7 Å². The maximum absolute atomic E-state index is 12.9. The van der Waals surface area contributed by atoms with E-state index in [2.05, 4.69) is 49.0 Å². The Balaban J connectivity index is 1.51. The first-order valence-corrected chi connectivity index (χ1v) is 10.6. The minimum Gasteiger partial charge on any atom is -0.488 e. The van der Waals surface area contributed by atoms with E-state index >= 15 is 0 Å². The lowest BCUT2D eigenvalue weighted by atomic mass is 10.1. The number of ether oxygens (including phenoxy) is 1. The summed E-state index contributed by atoms with van der Waals surface area (Å²) < 4.78 is 20.7. The number of hydrazone groups is 1. The summed E-state index contributed by atoms with van der Waals surface area (Å²) in [5.41, 5.74) is 5.08. The summed E-state index contributed by atoms with van der Waals surface area (Å²) in [6.45, 7) is 0.475. The highest BCUT2D eigenvalue weighted by molar-refractivity contribution is 14.1. The number of rotatable bonds is 7. The summed E-state index contributed by atoms with van der Waals surface area (Å²) in [5, 5.41) is 3.97. The van der Waals surface area contributed by atoms with Crippen LogP contribution >= 0.6 is 38.5 Å². The first-order valence-electron chi connectivity index (χ1n) is 8.73. The molecule has 0 aliphatic carbocycles. The van der Waals surface area contributed by atoms with Gasteiger partial charge in [-0.1, -0.05) is 24.3 Å². The van der Waals surface area contributed by atoms with Gasteiger partial charge in [0.15, 0.2) is 0 Å². The molecule has 148 valence electrons. The number of hydrogen-bond acceptors (Lipinski definition) is 3. The SMILES string of the molecule is O=C(Cc1ccc(F)cc1)N/N=C/c1ccc(OCc2ccc(I)cc2)c(Br)c1. The van der Waals surface area contributed by atoms with Crippen LogP contribution in [0.4, 0.5) is 4.39 Å². The third-order valence-electron chi connectivity index (χ3n) is 3.94. The van der Waals surface area contributed by atoms with Crippen LogP contribution in [0.2, 0.25) is 0 Å². The highest BCUT2D eigenvalue weighted by Gasteiger charge is 2.04. The van der Waals surface area contributed by atoms with Crippen LogP contribution < -0.4 is 10.2 Å². The fourth-order valence-corrected chi connectivity index (χ4v) is 3.33. The van der Waals surface area contributed by atoms with Gasteiger partial charge in [0.2, 0.25) is 5.91 Å². The van der Waals surface area contributed by atoms with Gasteiger partial charge < -0.3 is 4.74 Å². The first-order chi connectivity index (χ1) is 14.0. The second-order valence-corrected chi connectivity index (χ2v) is 8.30. The van der Waals surface area contributed by atoms with E-state index in [0.29, 0.717) is 6.61 Å². The Hall–Kier alpha value is -2.26. The molecule has 0 atom stereocenters. The molecule has 3 rings (SSSR count). The highest BCUT2D eigenvalue weighted by atomic mass is 127. The maximum Gasteiger partial charge on any atom is 0.244 e. The summed E-state index contributed by atoms with van der Waals surface area (Å²) in [5.74, 6) is 0.120. The second kappa shape index (κ2) is 10.5. The minimum absolute atomic E-state index is 0.132. The van der Waals surface area contributed by atoms with Crippen molar-refractivity contribution in [2.24, 2.45) is 5.10 Å². The Bertz CT molecular complexity index is 1010. The van der Waals surface area contributed by atoms with Crippen molar-refractivity contribution in [3.63, 3.8) is 0 Å². The number of benzene rings is 3. The molecule has 0 bridgehead atoms. The van der Waals surface area contributed by atoms with E-state index in [4.69, 9.17) is 4.74 Å². The van der Waals surface area contributed by atoms with Crippen molar-refractivity contribution in [1.29, 1.82) is 0 Å². The summed E-state index contributed by atoms with van der Waals surface area (Å²) in [6.07, 6.45) is 1.68. The van der Waals surface area contributed by atoms with Crippen molar-refractivity contribution >= 4 is 50.6 Å². The predicted octanol–water partition coefficient (Wildman–Crippen LogP) is 5.46. The largest absolute Gasteiger partial charge is 0.488 e. The predicted molar refractivity (Wildman–Crippen MR) is 123 cm³/mol. The van der Waals surface area contributed by atoms with Gasteiger partial charge in [-0.2, -0.15) is 5.10 Å². The van der Waals surface area contributed by atoms with Crippen molar-refractivity contribution in [2.75, 3.05) is 0 Å². The lowest BCUT2D eigenvalue weighted by Gasteiger charge is -2.09. The van der Waals surface area contributed by atoms with E-state index in [1.807, 2.05) is 42.5 Å². The van der Waals surface area contributed by atoms with Gasteiger partial charge in [0, 0.05) is 3.57 Å². The molecular formula is C22H17BrFIN2O2. The van der Waals surface area contributed by atoms with Crippen LogP contribution in [0.3, 0.4) is 0 Å². The highest BCUT2D eigenvalue weighted by Crippen LogP contribution is 2.26. The molecule has 3 aromatic rings. The van der Waals surface area contributed by atoms with Crippen LogP contribution in [0.1, 0.15) is 16.7 Å². The number of halogens is 3. The molecule has 29 heavy (non-hydrogen) atoms. The fraction of sp³-hybridized carbons (Fsp3) is 0.0909. The number of hydrogen-bond donors (Lipinski definition) is 1. The van der Waals surface area contributed by atoms with E-state index in [1.165, 1.54) is 15.7 Å². The van der Waals surface area contributed by atoms with E-state index in [1.54, 1.807) is 18.3 Å². The van der Waals surface area contributed by atoms with Gasteiger partial charge >= 0.3 is 0 Å². The molecule has 0 aliphatic heterocycles. The first kappa shape index (κ1) is 21.4. The van der Waals surface area contributed by atoms with Crippen molar-refractivity contribution in [2.45, 2.75) is 13.0 Å². The van der Waals surface area contributed by atoms with Gasteiger partial charge in [-0.15, -0.1) is 0 Å². The van der Waals surface area contributed by atoms with Gasteiger partial charge in [-0.25, -0.2) is 9.82 Å². The molecule has 4 nitrogen and oxygen atoms in total. The van der Waals surface area contributed by atoms with Crippen LogP contribution in [-0.2, 0) is 17.8 Å². The molecular weight excluding hydrogens is 550 g/mol. The van der Waals surface area contributed by atoms with E-state index in [-0.39, 0.29) is 18.1 Å². The van der Waals surface area contributed by atoms with Crippen LogP contribution in [-0.4, -0.2) is 12.1 Å². The Morgan fingerprint density at radius 3 is 2.45 bits per heavy atom. The van der Waals surface area contributed by atoms with Gasteiger partial charge in [0.1, 0.15) is 18.2 Å². The number of carbonyl (C=O) groups excluding carboxylic acids is 1. The van der Waals surface area contributed by atoms with Crippen LogP contribution in [0, 0.1) is 9.39 Å². The van der Waals surface area contributed by atoms with Crippen molar-refractivity contribution in [3.05, 3.63) is 97.3 Å². The molecule has 1 amide bonds. The average Bonchev–Trinajstić information content (AvgIpc) is 2.70. The zero-order chi connectivity index (χ0) is 20.6. The van der Waals surface area contributed by atoms with E-state index in [0.717, 1.165) is 26.9 Å². The summed E-state index contributed by atoms with van der Waals surface area (Å²) in [6, 6.07) is 19.5. The molecule has 0 aliphatic rings. The number of nitrogens with zero attached hydrogens (tertiary/aromatic N) is 1. The number of amides is 1. The van der Waals surface area contributed by atoms with Gasteiger partial charge in [-0.05, 0) is 97.7 Å². The smallest absolute Gasteiger partial charge is 0.244 e. The molecule has 7 heteroatoms. The van der Waals surface area contributed by atoms with Gasteiger partial charge in [0.05, 0.1) is 17.1 Å². The third-order valence-corrected chi connectivity index (χ3v) is 5.28. The Labute approximate surface area is 190 Å². The number of nitrogens with one attached hydrogen (secondary N) is 1. The number of carbonyl (C=O) groups is 1. The fourth-order valence-electron chi connectivity index (χ4n) is 2.46. The summed E-state index contributed by atoms with van der Waals surface area (Å²) in [7, 11) is 0. The monoisotopic (exact) mass is 566 g/mol. The molecule has 1 N–H and O–H groups in total. The Morgan fingerprint density at radius 2 is 1.76 bits per heavy atom. The second-order valence-electron chi connectivity index (χ2n) is 6.20. The molecule has 3 aromatic carbocycles. The molecule has 0 saturated heterocycles. The maximum atomic E-state index is 12.9. The molecule has 0 fully saturated rings.